The molecule has 0 aromatic heterocycles. The standard InChI is InChI=1S/C21H24FN5.HI/c1-24-21(25-15-17-8-7-16(14-23)13-20(17)22)26-18-9-11-27(12-10-18)19-5-3-2-4-6-19;/h2-8,13,18H,9-12,15H2,1H3,(H2,24,25,26);1H. The third kappa shape index (κ3) is 5.83. The molecular weight excluding hydrogens is 468 g/mol. The van der Waals surface area contributed by atoms with Crippen molar-refractivity contribution >= 4 is 35.6 Å². The number of nitrogens with one attached hydrogen (secondary N) is 2. The minimum absolute atomic E-state index is 0. The molecule has 0 radical (unpaired) electrons. The SMILES string of the molecule is CN=C(NCc1ccc(C#N)cc1F)NC1CCN(c2ccccc2)CC1.I. The van der Waals surface area contributed by atoms with Crippen LogP contribution in [0.15, 0.2) is 53.5 Å². The number of piperidine rings is 1. The van der Waals surface area contributed by atoms with Crippen molar-refractivity contribution in [1.29, 1.82) is 5.26 Å². The highest BCUT2D eigenvalue weighted by Crippen LogP contribution is 2.19. The van der Waals surface area contributed by atoms with Crippen molar-refractivity contribution in [3.05, 3.63) is 65.5 Å². The number of aliphatic imine (C=N–C) groups is 1. The van der Waals surface area contributed by atoms with Crippen molar-refractivity contribution in [2.75, 3.05) is 25.0 Å². The fraction of sp³-hybridized carbons (Fsp3) is 0.333. The summed E-state index contributed by atoms with van der Waals surface area (Å²) in [6.45, 7) is 2.30. The highest BCUT2D eigenvalue weighted by Gasteiger charge is 2.20. The van der Waals surface area contributed by atoms with Gasteiger partial charge in [0.25, 0.3) is 0 Å². The summed E-state index contributed by atoms with van der Waals surface area (Å²) in [4.78, 5) is 6.63. The summed E-state index contributed by atoms with van der Waals surface area (Å²) in [6.07, 6.45) is 2.03. The summed E-state index contributed by atoms with van der Waals surface area (Å²) in [5.74, 6) is 0.282. The Bertz CT molecular complexity index is 826. The molecule has 1 aliphatic rings. The first-order valence-electron chi connectivity index (χ1n) is 9.15. The molecule has 28 heavy (non-hydrogen) atoms. The Balaban J connectivity index is 0.00000280. The average Bonchev–Trinajstić information content (AvgIpc) is 2.73. The van der Waals surface area contributed by atoms with Crippen LogP contribution in [0.25, 0.3) is 0 Å². The van der Waals surface area contributed by atoms with Crippen LogP contribution >= 0.6 is 24.0 Å². The van der Waals surface area contributed by atoms with Gasteiger partial charge in [0.2, 0.25) is 0 Å². The van der Waals surface area contributed by atoms with Gasteiger partial charge in [-0.3, -0.25) is 4.99 Å². The van der Waals surface area contributed by atoms with Gasteiger partial charge < -0.3 is 15.5 Å². The normalized spacial score (nSPS) is 14.8. The highest BCUT2D eigenvalue weighted by molar-refractivity contribution is 14.0. The number of halogens is 2. The molecule has 2 N–H and O–H groups in total. The fourth-order valence-electron chi connectivity index (χ4n) is 3.25. The lowest BCUT2D eigenvalue weighted by atomic mass is 10.0. The van der Waals surface area contributed by atoms with Gasteiger partial charge in [0, 0.05) is 44.0 Å². The molecule has 5 nitrogen and oxygen atoms in total. The summed E-state index contributed by atoms with van der Waals surface area (Å²) in [5.41, 5.74) is 2.09. The topological polar surface area (TPSA) is 63.5 Å². The minimum Gasteiger partial charge on any atom is -0.371 e. The molecule has 0 spiro atoms. The van der Waals surface area contributed by atoms with E-state index in [1.54, 1.807) is 19.2 Å². The van der Waals surface area contributed by atoms with Gasteiger partial charge in [0.1, 0.15) is 5.82 Å². The summed E-state index contributed by atoms with van der Waals surface area (Å²) in [7, 11) is 1.71. The molecule has 148 valence electrons. The Hall–Kier alpha value is -2.34. The molecule has 1 saturated heterocycles. The Morgan fingerprint density at radius 2 is 1.93 bits per heavy atom. The van der Waals surface area contributed by atoms with Crippen molar-refractivity contribution in [2.24, 2.45) is 4.99 Å². The van der Waals surface area contributed by atoms with Gasteiger partial charge in [0.05, 0.1) is 11.6 Å². The van der Waals surface area contributed by atoms with Crippen LogP contribution in [0.4, 0.5) is 10.1 Å². The molecule has 0 bridgehead atoms. The average molecular weight is 493 g/mol. The van der Waals surface area contributed by atoms with E-state index in [0.717, 1.165) is 25.9 Å². The number of rotatable bonds is 4. The van der Waals surface area contributed by atoms with Crippen molar-refractivity contribution in [3.63, 3.8) is 0 Å². The lowest BCUT2D eigenvalue weighted by molar-refractivity contribution is 0.461. The van der Waals surface area contributed by atoms with E-state index in [0.29, 0.717) is 29.7 Å². The maximum Gasteiger partial charge on any atom is 0.191 e. The van der Waals surface area contributed by atoms with Gasteiger partial charge in [-0.1, -0.05) is 24.3 Å². The number of nitrogens with zero attached hydrogens (tertiary/aromatic N) is 3. The minimum atomic E-state index is -0.381. The Kier molecular flexibility index (Phi) is 8.51. The molecule has 1 heterocycles. The van der Waals surface area contributed by atoms with Gasteiger partial charge in [-0.05, 0) is 37.1 Å². The highest BCUT2D eigenvalue weighted by atomic mass is 127. The second-order valence-corrected chi connectivity index (χ2v) is 6.58. The van der Waals surface area contributed by atoms with E-state index in [4.69, 9.17) is 5.26 Å². The van der Waals surface area contributed by atoms with E-state index in [1.165, 1.54) is 11.8 Å². The zero-order valence-electron chi connectivity index (χ0n) is 15.9. The van der Waals surface area contributed by atoms with Crippen LogP contribution in [0.2, 0.25) is 0 Å². The predicted molar refractivity (Wildman–Crippen MR) is 122 cm³/mol. The third-order valence-electron chi connectivity index (χ3n) is 4.81. The van der Waals surface area contributed by atoms with Crippen LogP contribution < -0.4 is 15.5 Å². The first kappa shape index (κ1) is 22.0. The smallest absolute Gasteiger partial charge is 0.191 e. The molecule has 0 aliphatic carbocycles. The lowest BCUT2D eigenvalue weighted by Crippen LogP contribution is -2.48. The quantitative estimate of drug-likeness (QED) is 0.388. The van der Waals surface area contributed by atoms with Crippen molar-refractivity contribution in [1.82, 2.24) is 10.6 Å². The van der Waals surface area contributed by atoms with Crippen LogP contribution in [-0.2, 0) is 6.54 Å². The Morgan fingerprint density at radius 3 is 2.54 bits per heavy atom. The van der Waals surface area contributed by atoms with E-state index in [2.05, 4.69) is 44.8 Å². The van der Waals surface area contributed by atoms with Crippen LogP contribution in [0.5, 0.6) is 0 Å². The number of hydrogen-bond acceptors (Lipinski definition) is 3. The van der Waals surface area contributed by atoms with Crippen molar-refractivity contribution < 1.29 is 4.39 Å². The number of guanidine groups is 1. The molecular formula is C21H25FIN5. The molecule has 0 atom stereocenters. The summed E-state index contributed by atoms with van der Waals surface area (Å²) >= 11 is 0. The second-order valence-electron chi connectivity index (χ2n) is 6.58. The van der Waals surface area contributed by atoms with Gasteiger partial charge in [-0.15, -0.1) is 24.0 Å². The molecule has 0 unspecified atom stereocenters. The van der Waals surface area contributed by atoms with Crippen molar-refractivity contribution in [3.8, 4) is 6.07 Å². The Labute approximate surface area is 182 Å². The van der Waals surface area contributed by atoms with E-state index in [9.17, 15) is 4.39 Å². The summed E-state index contributed by atoms with van der Waals surface area (Å²) in [6, 6.07) is 17.2. The van der Waals surface area contributed by atoms with E-state index in [1.807, 2.05) is 12.1 Å². The Morgan fingerprint density at radius 1 is 1.21 bits per heavy atom. The van der Waals surface area contributed by atoms with Gasteiger partial charge >= 0.3 is 0 Å². The van der Waals surface area contributed by atoms with Crippen LogP contribution in [0.3, 0.4) is 0 Å². The fourth-order valence-corrected chi connectivity index (χ4v) is 3.25. The van der Waals surface area contributed by atoms with Crippen molar-refractivity contribution in [2.45, 2.75) is 25.4 Å². The molecule has 7 heteroatoms. The lowest BCUT2D eigenvalue weighted by Gasteiger charge is -2.34. The zero-order valence-corrected chi connectivity index (χ0v) is 18.2. The van der Waals surface area contributed by atoms with Gasteiger partial charge in [0.15, 0.2) is 5.96 Å². The number of para-hydroxylation sites is 1. The molecule has 1 aliphatic heterocycles. The zero-order chi connectivity index (χ0) is 19.1. The van der Waals surface area contributed by atoms with Crippen LogP contribution in [0, 0.1) is 17.1 Å². The monoisotopic (exact) mass is 493 g/mol. The maximum atomic E-state index is 14.0. The number of hydrogen-bond donors (Lipinski definition) is 2. The molecule has 2 aromatic carbocycles. The first-order chi connectivity index (χ1) is 13.2. The number of anilines is 1. The van der Waals surface area contributed by atoms with E-state index < -0.39 is 0 Å². The van der Waals surface area contributed by atoms with E-state index in [-0.39, 0.29) is 29.8 Å². The van der Waals surface area contributed by atoms with Crippen LogP contribution in [0.1, 0.15) is 24.0 Å². The first-order valence-corrected chi connectivity index (χ1v) is 9.15. The summed E-state index contributed by atoms with van der Waals surface area (Å²) in [5, 5.41) is 15.4. The van der Waals surface area contributed by atoms with Gasteiger partial charge in [-0.2, -0.15) is 5.26 Å². The molecule has 0 saturated carbocycles. The molecule has 0 amide bonds. The van der Waals surface area contributed by atoms with Crippen LogP contribution in [-0.4, -0.2) is 32.1 Å². The largest absolute Gasteiger partial charge is 0.371 e. The third-order valence-corrected chi connectivity index (χ3v) is 4.81. The summed E-state index contributed by atoms with van der Waals surface area (Å²) < 4.78 is 14.0. The number of nitriles is 1. The second kappa shape index (κ2) is 10.9. The predicted octanol–water partition coefficient (Wildman–Crippen LogP) is 3.65. The van der Waals surface area contributed by atoms with E-state index >= 15 is 0 Å². The maximum absolute atomic E-state index is 14.0. The van der Waals surface area contributed by atoms with Gasteiger partial charge in [-0.25, -0.2) is 4.39 Å². The number of benzene rings is 2. The molecule has 1 fully saturated rings. The molecule has 2 aromatic rings. The molecule has 3 rings (SSSR count).